The summed E-state index contributed by atoms with van der Waals surface area (Å²) in [6.45, 7) is 3.67. The Balaban J connectivity index is 1.86. The molecule has 3 rings (SSSR count). The van der Waals surface area contributed by atoms with Crippen molar-refractivity contribution in [1.29, 1.82) is 0 Å². The molecule has 0 aromatic heterocycles. The molecule has 0 aliphatic carbocycles. The molecule has 0 spiro atoms. The van der Waals surface area contributed by atoms with Crippen LogP contribution in [0.5, 0.6) is 0 Å². The second-order valence-electron chi connectivity index (χ2n) is 5.24. The van der Waals surface area contributed by atoms with Gasteiger partial charge in [0.25, 0.3) is 5.91 Å². The number of amides is 1. The van der Waals surface area contributed by atoms with Gasteiger partial charge in [-0.25, -0.2) is 0 Å². The summed E-state index contributed by atoms with van der Waals surface area (Å²) in [5.74, 6) is 0.188. The first-order valence-corrected chi connectivity index (χ1v) is 7.32. The normalized spacial score (nSPS) is 21.6. The van der Waals surface area contributed by atoms with Gasteiger partial charge in [-0.15, -0.1) is 0 Å². The number of rotatable bonds is 3. The van der Waals surface area contributed by atoms with E-state index in [4.69, 9.17) is 12.2 Å². The number of fused-ring (bicyclic) bond motifs is 2. The topological polar surface area (TPSA) is 23.6 Å². The Bertz CT molecular complexity index is 486. The first kappa shape index (κ1) is 12.6. The van der Waals surface area contributed by atoms with Crippen molar-refractivity contribution in [2.24, 2.45) is 0 Å². The van der Waals surface area contributed by atoms with Gasteiger partial charge in [-0.2, -0.15) is 0 Å². The molecular formula is C15H18N2OS. The number of unbranched alkanes of at least 4 members (excludes halogenated alkanes) is 1. The molecule has 1 atom stereocenters. The molecule has 0 N–H and O–H groups in total. The number of hydrogen-bond acceptors (Lipinski definition) is 2. The largest absolute Gasteiger partial charge is 0.332 e. The van der Waals surface area contributed by atoms with Crippen LogP contribution in [0.1, 0.15) is 30.9 Å². The van der Waals surface area contributed by atoms with Crippen LogP contribution in [0.25, 0.3) is 0 Å². The summed E-state index contributed by atoms with van der Waals surface area (Å²) in [5, 5.41) is 0.720. The summed E-state index contributed by atoms with van der Waals surface area (Å²) >= 11 is 5.49. The van der Waals surface area contributed by atoms with Crippen molar-refractivity contribution in [3.05, 3.63) is 35.4 Å². The van der Waals surface area contributed by atoms with E-state index in [1.807, 2.05) is 6.07 Å². The van der Waals surface area contributed by atoms with Crippen LogP contribution in [0, 0.1) is 0 Å². The number of nitrogens with zero attached hydrogens (tertiary/aromatic N) is 2. The lowest BCUT2D eigenvalue weighted by atomic mass is 9.95. The molecule has 2 aliphatic rings. The van der Waals surface area contributed by atoms with Crippen LogP contribution in [-0.2, 0) is 17.8 Å². The SMILES string of the molecule is CCCCN1C(=O)C2Cc3ccccc3CN2C1=S. The van der Waals surface area contributed by atoms with Gasteiger partial charge in [0.05, 0.1) is 0 Å². The van der Waals surface area contributed by atoms with Crippen molar-refractivity contribution in [3.63, 3.8) is 0 Å². The van der Waals surface area contributed by atoms with Crippen LogP contribution in [0.4, 0.5) is 0 Å². The summed E-state index contributed by atoms with van der Waals surface area (Å²) in [6, 6.07) is 8.28. The molecule has 0 saturated carbocycles. The van der Waals surface area contributed by atoms with E-state index in [9.17, 15) is 4.79 Å². The highest BCUT2D eigenvalue weighted by Gasteiger charge is 2.44. The van der Waals surface area contributed by atoms with E-state index in [1.165, 1.54) is 11.1 Å². The van der Waals surface area contributed by atoms with Gasteiger partial charge in [0.2, 0.25) is 0 Å². The van der Waals surface area contributed by atoms with Crippen LogP contribution in [0.15, 0.2) is 24.3 Å². The van der Waals surface area contributed by atoms with E-state index >= 15 is 0 Å². The minimum atomic E-state index is -0.0701. The molecule has 1 saturated heterocycles. The van der Waals surface area contributed by atoms with Gasteiger partial charge < -0.3 is 4.90 Å². The molecule has 2 heterocycles. The van der Waals surface area contributed by atoms with Gasteiger partial charge in [0, 0.05) is 19.5 Å². The molecule has 1 fully saturated rings. The second-order valence-corrected chi connectivity index (χ2v) is 5.61. The average Bonchev–Trinajstić information content (AvgIpc) is 2.67. The zero-order valence-electron chi connectivity index (χ0n) is 11.1. The van der Waals surface area contributed by atoms with Crippen molar-refractivity contribution >= 4 is 23.2 Å². The van der Waals surface area contributed by atoms with Crippen molar-refractivity contribution in [2.45, 2.75) is 38.8 Å². The number of carbonyl (C=O) groups excluding carboxylic acids is 1. The van der Waals surface area contributed by atoms with Crippen molar-refractivity contribution < 1.29 is 4.79 Å². The van der Waals surface area contributed by atoms with Crippen LogP contribution in [-0.4, -0.2) is 33.4 Å². The van der Waals surface area contributed by atoms with Crippen LogP contribution >= 0.6 is 12.2 Å². The zero-order valence-corrected chi connectivity index (χ0v) is 11.9. The van der Waals surface area contributed by atoms with E-state index in [1.54, 1.807) is 4.90 Å². The predicted molar refractivity (Wildman–Crippen MR) is 78.7 cm³/mol. The van der Waals surface area contributed by atoms with Crippen LogP contribution in [0.2, 0.25) is 0 Å². The van der Waals surface area contributed by atoms with Gasteiger partial charge in [-0.1, -0.05) is 37.6 Å². The van der Waals surface area contributed by atoms with E-state index < -0.39 is 0 Å². The second kappa shape index (κ2) is 4.93. The van der Waals surface area contributed by atoms with Crippen molar-refractivity contribution in [2.75, 3.05) is 6.54 Å². The van der Waals surface area contributed by atoms with Gasteiger partial charge in [0.1, 0.15) is 6.04 Å². The lowest BCUT2D eigenvalue weighted by molar-refractivity contribution is -0.128. The first-order chi connectivity index (χ1) is 9.22. The number of benzene rings is 1. The maximum absolute atomic E-state index is 12.5. The van der Waals surface area contributed by atoms with Crippen LogP contribution in [0.3, 0.4) is 0 Å². The van der Waals surface area contributed by atoms with Crippen molar-refractivity contribution in [1.82, 2.24) is 9.80 Å². The molecule has 1 aromatic rings. The van der Waals surface area contributed by atoms with Gasteiger partial charge >= 0.3 is 0 Å². The first-order valence-electron chi connectivity index (χ1n) is 6.91. The molecule has 1 unspecified atom stereocenters. The molecular weight excluding hydrogens is 256 g/mol. The fraction of sp³-hybridized carbons (Fsp3) is 0.467. The highest BCUT2D eigenvalue weighted by molar-refractivity contribution is 7.80. The average molecular weight is 274 g/mol. The Morgan fingerprint density at radius 3 is 2.79 bits per heavy atom. The van der Waals surface area contributed by atoms with E-state index in [0.717, 1.165) is 37.5 Å². The molecule has 3 nitrogen and oxygen atoms in total. The fourth-order valence-electron chi connectivity index (χ4n) is 2.90. The molecule has 19 heavy (non-hydrogen) atoms. The molecule has 2 aliphatic heterocycles. The molecule has 1 amide bonds. The Hall–Kier alpha value is -1.42. The third kappa shape index (κ3) is 2.04. The minimum absolute atomic E-state index is 0.0701. The number of thiocarbonyl (C=S) groups is 1. The Morgan fingerprint density at radius 2 is 2.05 bits per heavy atom. The quantitative estimate of drug-likeness (QED) is 0.791. The maximum atomic E-state index is 12.5. The third-order valence-corrected chi connectivity index (χ3v) is 4.47. The van der Waals surface area contributed by atoms with E-state index in [-0.39, 0.29) is 11.9 Å². The number of hydrogen-bond donors (Lipinski definition) is 0. The van der Waals surface area contributed by atoms with Gasteiger partial charge in [0.15, 0.2) is 5.11 Å². The Labute approximate surface area is 119 Å². The molecule has 1 aromatic carbocycles. The fourth-order valence-corrected chi connectivity index (χ4v) is 3.27. The third-order valence-electron chi connectivity index (χ3n) is 4.01. The lowest BCUT2D eigenvalue weighted by Crippen LogP contribution is -2.39. The molecule has 100 valence electrons. The standard InChI is InChI=1S/C15H18N2OS/c1-2-3-8-16-14(18)13-9-11-6-4-5-7-12(11)10-17(13)15(16)19/h4-7,13H,2-3,8-10H2,1H3. The summed E-state index contributed by atoms with van der Waals surface area (Å²) in [7, 11) is 0. The summed E-state index contributed by atoms with van der Waals surface area (Å²) < 4.78 is 0. The van der Waals surface area contributed by atoms with E-state index in [2.05, 4.69) is 30.0 Å². The highest BCUT2D eigenvalue weighted by Crippen LogP contribution is 2.30. The smallest absolute Gasteiger partial charge is 0.251 e. The maximum Gasteiger partial charge on any atom is 0.251 e. The monoisotopic (exact) mass is 274 g/mol. The predicted octanol–water partition coefficient (Wildman–Crippen LogP) is 2.34. The molecule has 0 radical (unpaired) electrons. The Kier molecular flexibility index (Phi) is 3.27. The lowest BCUT2D eigenvalue weighted by Gasteiger charge is -2.30. The molecule has 0 bridgehead atoms. The molecule has 4 heteroatoms. The van der Waals surface area contributed by atoms with Crippen molar-refractivity contribution in [3.8, 4) is 0 Å². The van der Waals surface area contributed by atoms with Gasteiger partial charge in [-0.05, 0) is 29.8 Å². The Morgan fingerprint density at radius 1 is 1.32 bits per heavy atom. The minimum Gasteiger partial charge on any atom is -0.332 e. The van der Waals surface area contributed by atoms with Crippen LogP contribution < -0.4 is 0 Å². The summed E-state index contributed by atoms with van der Waals surface area (Å²) in [6.07, 6.45) is 2.88. The number of carbonyl (C=O) groups is 1. The van der Waals surface area contributed by atoms with E-state index in [0.29, 0.717) is 0 Å². The summed E-state index contributed by atoms with van der Waals surface area (Å²) in [5.41, 5.74) is 2.59. The summed E-state index contributed by atoms with van der Waals surface area (Å²) in [4.78, 5) is 16.4. The highest BCUT2D eigenvalue weighted by atomic mass is 32.1. The zero-order chi connectivity index (χ0) is 13.4. The van der Waals surface area contributed by atoms with Gasteiger partial charge in [-0.3, -0.25) is 9.69 Å².